The SMILES string of the molecule is CC(=O)[C@@H]1O[C@H]1c1cccc(F)c1. The molecule has 0 N–H and O–H groups in total. The van der Waals surface area contributed by atoms with Gasteiger partial charge in [-0.3, -0.25) is 4.79 Å². The van der Waals surface area contributed by atoms with Gasteiger partial charge in [0.2, 0.25) is 0 Å². The second kappa shape index (κ2) is 2.92. The molecule has 0 unspecified atom stereocenters. The van der Waals surface area contributed by atoms with Crippen molar-refractivity contribution in [3.63, 3.8) is 0 Å². The average Bonchev–Trinajstić information content (AvgIpc) is 2.82. The van der Waals surface area contributed by atoms with E-state index in [4.69, 9.17) is 4.74 Å². The molecule has 1 aromatic rings. The average molecular weight is 180 g/mol. The van der Waals surface area contributed by atoms with E-state index in [1.807, 2.05) is 0 Å². The van der Waals surface area contributed by atoms with Crippen LogP contribution in [0.3, 0.4) is 0 Å². The number of ketones is 1. The molecule has 0 aromatic heterocycles. The van der Waals surface area contributed by atoms with E-state index in [0.717, 1.165) is 5.56 Å². The Bertz CT molecular complexity index is 349. The number of hydrogen-bond acceptors (Lipinski definition) is 2. The van der Waals surface area contributed by atoms with Crippen LogP contribution >= 0.6 is 0 Å². The third kappa shape index (κ3) is 1.60. The third-order valence-corrected chi connectivity index (χ3v) is 2.07. The summed E-state index contributed by atoms with van der Waals surface area (Å²) in [4.78, 5) is 10.9. The Kier molecular flexibility index (Phi) is 1.88. The summed E-state index contributed by atoms with van der Waals surface area (Å²) in [6.45, 7) is 1.48. The van der Waals surface area contributed by atoms with Gasteiger partial charge in [-0.25, -0.2) is 4.39 Å². The van der Waals surface area contributed by atoms with Crippen molar-refractivity contribution in [2.75, 3.05) is 0 Å². The van der Waals surface area contributed by atoms with E-state index in [1.54, 1.807) is 12.1 Å². The van der Waals surface area contributed by atoms with Crippen molar-refractivity contribution in [2.24, 2.45) is 0 Å². The molecule has 0 saturated carbocycles. The highest BCUT2D eigenvalue weighted by Crippen LogP contribution is 2.39. The lowest BCUT2D eigenvalue weighted by Gasteiger charge is -1.94. The molecular weight excluding hydrogens is 171 g/mol. The summed E-state index contributed by atoms with van der Waals surface area (Å²) < 4.78 is 17.8. The molecule has 0 bridgehead atoms. The van der Waals surface area contributed by atoms with Crippen LogP contribution in [0.1, 0.15) is 18.6 Å². The molecule has 2 rings (SSSR count). The quantitative estimate of drug-likeness (QED) is 0.650. The first-order valence-corrected chi connectivity index (χ1v) is 4.10. The highest BCUT2D eigenvalue weighted by Gasteiger charge is 2.43. The predicted molar refractivity (Wildman–Crippen MR) is 44.7 cm³/mol. The Morgan fingerprint density at radius 1 is 1.54 bits per heavy atom. The van der Waals surface area contributed by atoms with Gasteiger partial charge in [-0.1, -0.05) is 12.1 Å². The fourth-order valence-corrected chi connectivity index (χ4v) is 1.36. The Balaban J connectivity index is 2.16. The largest absolute Gasteiger partial charge is 0.356 e. The normalized spacial score (nSPS) is 25.7. The van der Waals surface area contributed by atoms with Crippen molar-refractivity contribution >= 4 is 5.78 Å². The minimum absolute atomic E-state index is 0.00531. The van der Waals surface area contributed by atoms with Crippen molar-refractivity contribution in [3.05, 3.63) is 35.6 Å². The Morgan fingerprint density at radius 3 is 2.85 bits per heavy atom. The molecule has 1 aliphatic rings. The van der Waals surface area contributed by atoms with Gasteiger partial charge in [-0.05, 0) is 24.6 Å². The van der Waals surface area contributed by atoms with E-state index >= 15 is 0 Å². The van der Waals surface area contributed by atoms with Crippen molar-refractivity contribution in [2.45, 2.75) is 19.1 Å². The number of epoxide rings is 1. The number of carbonyl (C=O) groups is 1. The van der Waals surface area contributed by atoms with E-state index in [2.05, 4.69) is 0 Å². The molecule has 3 heteroatoms. The fourth-order valence-electron chi connectivity index (χ4n) is 1.36. The molecule has 68 valence electrons. The van der Waals surface area contributed by atoms with Crippen LogP contribution in [0.5, 0.6) is 0 Å². The van der Waals surface area contributed by atoms with Crippen LogP contribution in [0.2, 0.25) is 0 Å². The van der Waals surface area contributed by atoms with Crippen molar-refractivity contribution in [3.8, 4) is 0 Å². The lowest BCUT2D eigenvalue weighted by atomic mass is 10.1. The van der Waals surface area contributed by atoms with E-state index in [0.29, 0.717) is 0 Å². The molecule has 1 saturated heterocycles. The number of Topliss-reactive ketones (excluding diaryl/α,β-unsaturated/α-hetero) is 1. The van der Waals surface area contributed by atoms with E-state index < -0.39 is 0 Å². The van der Waals surface area contributed by atoms with Crippen molar-refractivity contribution in [1.82, 2.24) is 0 Å². The minimum atomic E-state index is -0.359. The zero-order chi connectivity index (χ0) is 9.42. The highest BCUT2D eigenvalue weighted by molar-refractivity contribution is 5.83. The van der Waals surface area contributed by atoms with Crippen LogP contribution in [-0.2, 0) is 9.53 Å². The van der Waals surface area contributed by atoms with Crippen molar-refractivity contribution in [1.29, 1.82) is 0 Å². The summed E-state index contributed by atoms with van der Waals surface area (Å²) in [6, 6.07) is 6.14. The molecule has 0 spiro atoms. The monoisotopic (exact) mass is 180 g/mol. The number of hydrogen-bond donors (Lipinski definition) is 0. The number of carbonyl (C=O) groups excluding carboxylic acids is 1. The molecule has 1 fully saturated rings. The number of ether oxygens (including phenoxy) is 1. The number of rotatable bonds is 2. The number of benzene rings is 1. The van der Waals surface area contributed by atoms with Gasteiger partial charge in [0.05, 0.1) is 0 Å². The highest BCUT2D eigenvalue weighted by atomic mass is 19.1. The first kappa shape index (κ1) is 8.38. The summed E-state index contributed by atoms with van der Waals surface area (Å²) >= 11 is 0. The smallest absolute Gasteiger partial charge is 0.161 e. The first-order valence-electron chi connectivity index (χ1n) is 4.10. The molecule has 2 atom stereocenters. The minimum Gasteiger partial charge on any atom is -0.356 e. The lowest BCUT2D eigenvalue weighted by molar-refractivity contribution is -0.118. The van der Waals surface area contributed by atoms with Crippen molar-refractivity contribution < 1.29 is 13.9 Å². The molecule has 1 aliphatic heterocycles. The van der Waals surface area contributed by atoms with Gasteiger partial charge < -0.3 is 4.74 Å². The molecular formula is C10H9FO2. The van der Waals surface area contributed by atoms with Gasteiger partial charge in [-0.15, -0.1) is 0 Å². The lowest BCUT2D eigenvalue weighted by Crippen LogP contribution is -2.00. The second-order valence-electron chi connectivity index (χ2n) is 3.14. The van der Waals surface area contributed by atoms with Crippen LogP contribution in [0.4, 0.5) is 4.39 Å². The van der Waals surface area contributed by atoms with Gasteiger partial charge in [0.1, 0.15) is 18.0 Å². The van der Waals surface area contributed by atoms with E-state index in [9.17, 15) is 9.18 Å². The molecule has 0 aliphatic carbocycles. The maximum atomic E-state index is 12.7. The van der Waals surface area contributed by atoms with Gasteiger partial charge in [-0.2, -0.15) is 0 Å². The van der Waals surface area contributed by atoms with E-state index in [-0.39, 0.29) is 23.8 Å². The van der Waals surface area contributed by atoms with Crippen LogP contribution in [0.15, 0.2) is 24.3 Å². The maximum absolute atomic E-state index is 12.7. The Labute approximate surface area is 75.3 Å². The molecule has 1 heterocycles. The van der Waals surface area contributed by atoms with Gasteiger partial charge in [0.15, 0.2) is 5.78 Å². The maximum Gasteiger partial charge on any atom is 0.161 e. The van der Waals surface area contributed by atoms with Crippen LogP contribution in [0, 0.1) is 5.82 Å². The molecule has 13 heavy (non-hydrogen) atoms. The van der Waals surface area contributed by atoms with Gasteiger partial charge in [0.25, 0.3) is 0 Å². The van der Waals surface area contributed by atoms with Crippen LogP contribution < -0.4 is 0 Å². The Morgan fingerprint density at radius 2 is 2.31 bits per heavy atom. The molecule has 2 nitrogen and oxygen atoms in total. The topological polar surface area (TPSA) is 29.6 Å². The molecule has 0 amide bonds. The molecule has 1 aromatic carbocycles. The first-order chi connectivity index (χ1) is 6.18. The zero-order valence-electron chi connectivity index (χ0n) is 7.16. The fraction of sp³-hybridized carbons (Fsp3) is 0.300. The predicted octanol–water partition coefficient (Wildman–Crippen LogP) is 1.85. The standard InChI is InChI=1S/C10H9FO2/c1-6(12)9-10(13-9)7-3-2-4-8(11)5-7/h2-5,9-10H,1H3/t9-,10-/m0/s1. The number of halogens is 1. The van der Waals surface area contributed by atoms with Crippen LogP contribution in [-0.4, -0.2) is 11.9 Å². The van der Waals surface area contributed by atoms with Gasteiger partial charge in [0, 0.05) is 0 Å². The van der Waals surface area contributed by atoms with Crippen LogP contribution in [0.25, 0.3) is 0 Å². The summed E-state index contributed by atoms with van der Waals surface area (Å²) in [5, 5.41) is 0. The van der Waals surface area contributed by atoms with E-state index in [1.165, 1.54) is 19.1 Å². The summed E-state index contributed by atoms with van der Waals surface area (Å²) in [5.74, 6) is -0.301. The van der Waals surface area contributed by atoms with Gasteiger partial charge >= 0.3 is 0 Å². The summed E-state index contributed by atoms with van der Waals surface area (Å²) in [7, 11) is 0. The molecule has 0 radical (unpaired) electrons. The summed E-state index contributed by atoms with van der Waals surface area (Å²) in [5.41, 5.74) is 0.736. The third-order valence-electron chi connectivity index (χ3n) is 2.07. The zero-order valence-corrected chi connectivity index (χ0v) is 7.16. The second-order valence-corrected chi connectivity index (χ2v) is 3.14. The summed E-state index contributed by atoms with van der Waals surface area (Å²) in [6.07, 6.45) is -0.588. The Hall–Kier alpha value is -1.22.